The summed E-state index contributed by atoms with van der Waals surface area (Å²) in [4.78, 5) is 6.99. The number of nitrogens with zero attached hydrogens (tertiary/aromatic N) is 2. The first-order valence-electron chi connectivity index (χ1n) is 6.35. The smallest absolute Gasteiger partial charge is 0.126 e. The summed E-state index contributed by atoms with van der Waals surface area (Å²) in [6.07, 6.45) is 7.25. The predicted molar refractivity (Wildman–Crippen MR) is 65.5 cm³/mol. The van der Waals surface area contributed by atoms with Crippen LogP contribution in [0.5, 0.6) is 0 Å². The van der Waals surface area contributed by atoms with Crippen LogP contribution in [0.1, 0.15) is 25.7 Å². The van der Waals surface area contributed by atoms with E-state index in [1.165, 1.54) is 38.8 Å². The maximum Gasteiger partial charge on any atom is 0.126 e. The number of piperidine rings is 1. The molecule has 0 radical (unpaired) electrons. The van der Waals surface area contributed by atoms with Gasteiger partial charge in [-0.3, -0.25) is 4.90 Å². The van der Waals surface area contributed by atoms with E-state index in [1.54, 1.807) is 0 Å². The van der Waals surface area contributed by atoms with Gasteiger partial charge in [-0.2, -0.15) is 0 Å². The molecule has 0 aliphatic carbocycles. The lowest BCUT2D eigenvalue weighted by Gasteiger charge is -2.32. The largest absolute Gasteiger partial charge is 0.366 e. The molecule has 2 unspecified atom stereocenters. The molecule has 1 aromatic heterocycles. The Kier molecular flexibility index (Phi) is 2.79. The number of anilines is 1. The van der Waals surface area contributed by atoms with Crippen molar-refractivity contribution in [1.82, 2.24) is 9.88 Å². The highest BCUT2D eigenvalue weighted by molar-refractivity contribution is 5.35. The highest BCUT2D eigenvalue weighted by Gasteiger charge is 2.35. The number of rotatable bonds is 2. The highest BCUT2D eigenvalue weighted by Crippen LogP contribution is 2.28. The molecule has 0 spiro atoms. The summed E-state index contributed by atoms with van der Waals surface area (Å²) in [6, 6.07) is 7.42. The van der Waals surface area contributed by atoms with Gasteiger partial charge in [-0.05, 0) is 37.9 Å². The molecule has 86 valence electrons. The molecule has 0 bridgehead atoms. The van der Waals surface area contributed by atoms with Crippen LogP contribution >= 0.6 is 0 Å². The fraction of sp³-hybridized carbons (Fsp3) is 0.615. The summed E-state index contributed by atoms with van der Waals surface area (Å²) in [5, 5.41) is 3.59. The van der Waals surface area contributed by atoms with Crippen LogP contribution in [0, 0.1) is 0 Å². The molecule has 3 heteroatoms. The fourth-order valence-electron chi connectivity index (χ4n) is 3.05. The van der Waals surface area contributed by atoms with E-state index in [4.69, 9.17) is 0 Å². The van der Waals surface area contributed by atoms with Gasteiger partial charge in [-0.15, -0.1) is 0 Å². The zero-order valence-electron chi connectivity index (χ0n) is 9.60. The monoisotopic (exact) mass is 217 g/mol. The Balaban J connectivity index is 1.67. The molecule has 2 atom stereocenters. The first kappa shape index (κ1) is 10.1. The lowest BCUT2D eigenvalue weighted by atomic mass is 9.99. The number of fused-ring (bicyclic) bond motifs is 1. The summed E-state index contributed by atoms with van der Waals surface area (Å²) in [6.45, 7) is 2.56. The van der Waals surface area contributed by atoms with Crippen molar-refractivity contribution in [3.05, 3.63) is 24.4 Å². The number of aromatic nitrogens is 1. The summed E-state index contributed by atoms with van der Waals surface area (Å²) in [5.41, 5.74) is 0. The molecule has 16 heavy (non-hydrogen) atoms. The maximum atomic E-state index is 4.35. The second-order valence-electron chi connectivity index (χ2n) is 4.85. The minimum Gasteiger partial charge on any atom is -0.366 e. The minimum absolute atomic E-state index is 0.607. The average Bonchev–Trinajstić information content (AvgIpc) is 2.74. The Labute approximate surface area is 96.9 Å². The third kappa shape index (κ3) is 1.92. The van der Waals surface area contributed by atoms with E-state index in [0.717, 1.165) is 11.9 Å². The van der Waals surface area contributed by atoms with Crippen LogP contribution in [0.25, 0.3) is 0 Å². The molecule has 1 aromatic rings. The SMILES string of the molecule is c1ccc(NC2CCN3CCCCC23)nc1. The van der Waals surface area contributed by atoms with Crippen LogP contribution in [-0.4, -0.2) is 35.1 Å². The van der Waals surface area contributed by atoms with E-state index in [0.29, 0.717) is 6.04 Å². The van der Waals surface area contributed by atoms with Crippen molar-refractivity contribution in [2.75, 3.05) is 18.4 Å². The van der Waals surface area contributed by atoms with Gasteiger partial charge in [0.1, 0.15) is 5.82 Å². The molecule has 2 fully saturated rings. The van der Waals surface area contributed by atoms with E-state index in [-0.39, 0.29) is 0 Å². The highest BCUT2D eigenvalue weighted by atomic mass is 15.2. The van der Waals surface area contributed by atoms with Gasteiger partial charge in [0, 0.05) is 24.8 Å². The normalized spacial score (nSPS) is 30.0. The standard InChI is InChI=1S/C13H19N3/c1-3-8-14-13(6-1)15-11-7-10-16-9-4-2-5-12(11)16/h1,3,6,8,11-12H,2,4-5,7,9-10H2,(H,14,15). The Bertz CT molecular complexity index is 338. The molecule has 0 amide bonds. The van der Waals surface area contributed by atoms with Crippen LogP contribution in [-0.2, 0) is 0 Å². The zero-order chi connectivity index (χ0) is 10.8. The Morgan fingerprint density at radius 2 is 2.19 bits per heavy atom. The summed E-state index contributed by atoms with van der Waals surface area (Å²) < 4.78 is 0. The van der Waals surface area contributed by atoms with Crippen LogP contribution < -0.4 is 5.32 Å². The lowest BCUT2D eigenvalue weighted by Crippen LogP contribution is -2.41. The van der Waals surface area contributed by atoms with Crippen molar-refractivity contribution in [2.24, 2.45) is 0 Å². The van der Waals surface area contributed by atoms with Crippen molar-refractivity contribution in [2.45, 2.75) is 37.8 Å². The molecule has 0 aromatic carbocycles. The van der Waals surface area contributed by atoms with Gasteiger partial charge in [-0.25, -0.2) is 4.98 Å². The van der Waals surface area contributed by atoms with Gasteiger partial charge in [0.2, 0.25) is 0 Å². The summed E-state index contributed by atoms with van der Waals surface area (Å²) in [5.74, 6) is 1.03. The van der Waals surface area contributed by atoms with E-state index in [2.05, 4.69) is 21.3 Å². The molecule has 0 saturated carbocycles. The fourth-order valence-corrected chi connectivity index (χ4v) is 3.05. The van der Waals surface area contributed by atoms with Gasteiger partial charge in [0.15, 0.2) is 0 Å². The predicted octanol–water partition coefficient (Wildman–Crippen LogP) is 2.12. The Morgan fingerprint density at radius 1 is 1.19 bits per heavy atom. The molecule has 3 nitrogen and oxygen atoms in total. The zero-order valence-corrected chi connectivity index (χ0v) is 9.60. The van der Waals surface area contributed by atoms with Gasteiger partial charge < -0.3 is 5.32 Å². The summed E-state index contributed by atoms with van der Waals surface area (Å²) >= 11 is 0. The van der Waals surface area contributed by atoms with Gasteiger partial charge in [-0.1, -0.05) is 12.5 Å². The third-order valence-corrected chi connectivity index (χ3v) is 3.85. The van der Waals surface area contributed by atoms with E-state index >= 15 is 0 Å². The maximum absolute atomic E-state index is 4.35. The lowest BCUT2D eigenvalue weighted by molar-refractivity contribution is 0.192. The average molecular weight is 217 g/mol. The first-order chi connectivity index (χ1) is 7.93. The van der Waals surface area contributed by atoms with Gasteiger partial charge >= 0.3 is 0 Å². The van der Waals surface area contributed by atoms with Crippen molar-refractivity contribution >= 4 is 5.82 Å². The Morgan fingerprint density at radius 3 is 3.06 bits per heavy atom. The molecule has 3 heterocycles. The molecule has 1 N–H and O–H groups in total. The van der Waals surface area contributed by atoms with E-state index in [9.17, 15) is 0 Å². The van der Waals surface area contributed by atoms with Crippen LogP contribution in [0.4, 0.5) is 5.82 Å². The summed E-state index contributed by atoms with van der Waals surface area (Å²) in [7, 11) is 0. The Hall–Kier alpha value is -1.09. The van der Waals surface area contributed by atoms with Gasteiger partial charge in [0.25, 0.3) is 0 Å². The number of pyridine rings is 1. The van der Waals surface area contributed by atoms with Crippen molar-refractivity contribution < 1.29 is 0 Å². The quantitative estimate of drug-likeness (QED) is 0.822. The first-order valence-corrected chi connectivity index (χ1v) is 6.35. The van der Waals surface area contributed by atoms with E-state index in [1.807, 2.05) is 18.3 Å². The molecular formula is C13H19N3. The molecule has 2 saturated heterocycles. The second-order valence-corrected chi connectivity index (χ2v) is 4.85. The molecule has 2 aliphatic rings. The van der Waals surface area contributed by atoms with Crippen LogP contribution in [0.15, 0.2) is 24.4 Å². The van der Waals surface area contributed by atoms with Crippen molar-refractivity contribution in [1.29, 1.82) is 0 Å². The van der Waals surface area contributed by atoms with Crippen molar-refractivity contribution in [3.8, 4) is 0 Å². The van der Waals surface area contributed by atoms with Gasteiger partial charge in [0.05, 0.1) is 0 Å². The third-order valence-electron chi connectivity index (χ3n) is 3.85. The second kappa shape index (κ2) is 4.42. The molecule has 2 aliphatic heterocycles. The topological polar surface area (TPSA) is 28.2 Å². The minimum atomic E-state index is 0.607. The number of hydrogen-bond donors (Lipinski definition) is 1. The van der Waals surface area contributed by atoms with E-state index < -0.39 is 0 Å². The number of nitrogens with one attached hydrogen (secondary N) is 1. The van der Waals surface area contributed by atoms with Crippen LogP contribution in [0.2, 0.25) is 0 Å². The van der Waals surface area contributed by atoms with Crippen LogP contribution in [0.3, 0.4) is 0 Å². The molecule has 3 rings (SSSR count). The van der Waals surface area contributed by atoms with Crippen molar-refractivity contribution in [3.63, 3.8) is 0 Å². The number of hydrogen-bond acceptors (Lipinski definition) is 3. The molecular weight excluding hydrogens is 198 g/mol.